The third kappa shape index (κ3) is 4.04. The Morgan fingerprint density at radius 1 is 1.22 bits per heavy atom. The van der Waals surface area contributed by atoms with E-state index in [-0.39, 0.29) is 6.07 Å². The van der Waals surface area contributed by atoms with Gasteiger partial charge in [0.2, 0.25) is 0 Å². The molecule has 1 aromatic heterocycles. The van der Waals surface area contributed by atoms with Crippen LogP contribution in [0.25, 0.3) is 0 Å². The predicted octanol–water partition coefficient (Wildman–Crippen LogP) is 4.34. The number of hydrogen-bond donors (Lipinski definition) is 0. The number of nitrogens with zero attached hydrogens (tertiary/aromatic N) is 1. The van der Waals surface area contributed by atoms with Gasteiger partial charge in [0.1, 0.15) is 3.70 Å². The molecule has 0 saturated heterocycles. The van der Waals surface area contributed by atoms with Crippen molar-refractivity contribution in [3.63, 3.8) is 0 Å². The van der Waals surface area contributed by atoms with Gasteiger partial charge in [0.15, 0.2) is 5.75 Å². The van der Waals surface area contributed by atoms with Gasteiger partial charge in [-0.05, 0) is 28.7 Å². The summed E-state index contributed by atoms with van der Waals surface area (Å²) in [6, 6.07) is 0.236. The summed E-state index contributed by atoms with van der Waals surface area (Å²) in [5, 5.41) is 0. The minimum atomic E-state index is -5.11. The van der Waals surface area contributed by atoms with E-state index in [1.165, 1.54) is 22.6 Å². The normalized spacial score (nSPS) is 12.7. The Kier molecular flexibility index (Phi) is 4.57. The van der Waals surface area contributed by atoms with Gasteiger partial charge < -0.3 is 4.74 Å². The molecule has 1 aromatic rings. The van der Waals surface area contributed by atoms with Crippen molar-refractivity contribution in [3.05, 3.63) is 21.0 Å². The Morgan fingerprint density at radius 3 is 2.17 bits per heavy atom. The molecule has 0 atom stereocenters. The van der Waals surface area contributed by atoms with Crippen molar-refractivity contribution >= 4 is 34.2 Å². The first-order chi connectivity index (χ1) is 8.04. The molecule has 1 heterocycles. The monoisotopic (exact) mass is 405 g/mol. The van der Waals surface area contributed by atoms with Crippen LogP contribution in [-0.2, 0) is 12.1 Å². The fourth-order valence-corrected chi connectivity index (χ4v) is 1.96. The summed E-state index contributed by atoms with van der Waals surface area (Å²) in [7, 11) is 0. The average molecular weight is 405 g/mol. The zero-order valence-corrected chi connectivity index (χ0v) is 11.1. The molecule has 0 bridgehead atoms. The topological polar surface area (TPSA) is 22.1 Å². The summed E-state index contributed by atoms with van der Waals surface area (Å²) < 4.78 is 76.4. The van der Waals surface area contributed by atoms with Gasteiger partial charge in [0, 0.05) is 0 Å². The van der Waals surface area contributed by atoms with Gasteiger partial charge in [-0.15, -0.1) is 24.8 Å². The molecule has 0 amide bonds. The van der Waals surface area contributed by atoms with Crippen molar-refractivity contribution in [1.29, 1.82) is 0 Å². The van der Waals surface area contributed by atoms with Crippen molar-refractivity contribution in [2.45, 2.75) is 18.4 Å². The van der Waals surface area contributed by atoms with E-state index in [9.17, 15) is 26.3 Å². The number of rotatable bonds is 2. The maximum atomic E-state index is 12.5. The van der Waals surface area contributed by atoms with Gasteiger partial charge >= 0.3 is 12.5 Å². The van der Waals surface area contributed by atoms with E-state index >= 15 is 0 Å². The highest BCUT2D eigenvalue weighted by Crippen LogP contribution is 2.37. The number of aromatic nitrogens is 1. The number of halogens is 8. The summed E-state index contributed by atoms with van der Waals surface area (Å²) in [5.74, 6) is -1.55. The molecule has 0 N–H and O–H groups in total. The van der Waals surface area contributed by atoms with Crippen LogP contribution < -0.4 is 4.74 Å². The third-order valence-electron chi connectivity index (χ3n) is 1.67. The Balaban J connectivity index is 3.31. The number of pyridine rings is 1. The van der Waals surface area contributed by atoms with Crippen LogP contribution in [0.4, 0.5) is 26.3 Å². The van der Waals surface area contributed by atoms with Crippen LogP contribution in [0.15, 0.2) is 6.07 Å². The molecule has 0 aliphatic rings. The molecule has 0 aromatic carbocycles. The molecule has 0 unspecified atom stereocenters. The van der Waals surface area contributed by atoms with E-state index in [1.807, 2.05) is 0 Å². The Hall–Kier alpha value is -0.450. The Labute approximate surface area is 115 Å². The molecule has 0 radical (unpaired) electrons. The van der Waals surface area contributed by atoms with E-state index in [0.29, 0.717) is 0 Å². The van der Waals surface area contributed by atoms with Gasteiger partial charge in [-0.25, -0.2) is 4.98 Å². The molecule has 18 heavy (non-hydrogen) atoms. The van der Waals surface area contributed by atoms with Crippen LogP contribution in [0.3, 0.4) is 0 Å². The molecule has 0 aliphatic heterocycles. The smallest absolute Gasteiger partial charge is 0.404 e. The standard InChI is InChI=1S/C8H3ClF6INO/c9-2-4-5(18-8(13,14)15)1-3(6(16)17-4)7(10,11)12/h1H,2H2. The van der Waals surface area contributed by atoms with E-state index in [2.05, 4.69) is 9.72 Å². The second-order valence-corrected chi connectivity index (χ2v) is 4.24. The van der Waals surface area contributed by atoms with Crippen LogP contribution in [-0.4, -0.2) is 11.3 Å². The first kappa shape index (κ1) is 15.6. The first-order valence-electron chi connectivity index (χ1n) is 4.13. The van der Waals surface area contributed by atoms with E-state index < -0.39 is 39.1 Å². The maximum absolute atomic E-state index is 12.5. The van der Waals surface area contributed by atoms with Gasteiger partial charge in [0.05, 0.1) is 17.1 Å². The molecule has 0 saturated carbocycles. The fraction of sp³-hybridized carbons (Fsp3) is 0.375. The quantitative estimate of drug-likeness (QED) is 0.316. The Morgan fingerprint density at radius 2 is 1.78 bits per heavy atom. The second kappa shape index (κ2) is 5.27. The lowest BCUT2D eigenvalue weighted by Crippen LogP contribution is -2.20. The van der Waals surface area contributed by atoms with Crippen molar-refractivity contribution in [3.8, 4) is 5.75 Å². The predicted molar refractivity (Wildman–Crippen MR) is 58.2 cm³/mol. The zero-order chi connectivity index (χ0) is 14.1. The zero-order valence-electron chi connectivity index (χ0n) is 8.16. The van der Waals surface area contributed by atoms with Crippen molar-refractivity contribution in [2.24, 2.45) is 0 Å². The molecule has 2 nitrogen and oxygen atoms in total. The molecule has 0 fully saturated rings. The van der Waals surface area contributed by atoms with Crippen molar-refractivity contribution < 1.29 is 31.1 Å². The average Bonchev–Trinajstić information content (AvgIpc) is 2.16. The molecule has 0 aliphatic carbocycles. The van der Waals surface area contributed by atoms with Gasteiger partial charge in [-0.2, -0.15) is 13.2 Å². The highest BCUT2D eigenvalue weighted by atomic mass is 127. The minimum absolute atomic E-state index is 0.236. The molecular weight excluding hydrogens is 402 g/mol. The maximum Gasteiger partial charge on any atom is 0.573 e. The highest BCUT2D eigenvalue weighted by molar-refractivity contribution is 14.1. The summed E-state index contributed by atoms with van der Waals surface area (Å²) >= 11 is 6.57. The van der Waals surface area contributed by atoms with Gasteiger partial charge in [0.25, 0.3) is 0 Å². The molecular formula is C8H3ClF6INO. The second-order valence-electron chi connectivity index (χ2n) is 2.95. The number of hydrogen-bond acceptors (Lipinski definition) is 2. The number of ether oxygens (including phenoxy) is 1. The summed E-state index contributed by atoms with van der Waals surface area (Å²) in [4.78, 5) is 3.35. The summed E-state index contributed by atoms with van der Waals surface area (Å²) in [6.45, 7) is 0. The van der Waals surface area contributed by atoms with Crippen LogP contribution in [0.5, 0.6) is 5.75 Å². The first-order valence-corrected chi connectivity index (χ1v) is 5.74. The van der Waals surface area contributed by atoms with Crippen LogP contribution in [0, 0.1) is 3.70 Å². The lowest BCUT2D eigenvalue weighted by molar-refractivity contribution is -0.275. The minimum Gasteiger partial charge on any atom is -0.404 e. The Bertz CT molecular complexity index is 446. The summed E-state index contributed by atoms with van der Waals surface area (Å²) in [6.07, 6.45) is -9.93. The van der Waals surface area contributed by atoms with Crippen LogP contribution in [0.2, 0.25) is 0 Å². The largest absolute Gasteiger partial charge is 0.573 e. The number of alkyl halides is 7. The van der Waals surface area contributed by atoms with E-state index in [0.717, 1.165) is 0 Å². The fourth-order valence-electron chi connectivity index (χ4n) is 1.02. The van der Waals surface area contributed by atoms with Gasteiger partial charge in [-0.3, -0.25) is 0 Å². The van der Waals surface area contributed by atoms with Crippen LogP contribution in [0.1, 0.15) is 11.3 Å². The third-order valence-corrected chi connectivity index (χ3v) is 2.75. The van der Waals surface area contributed by atoms with E-state index in [1.54, 1.807) is 0 Å². The summed E-state index contributed by atoms with van der Waals surface area (Å²) in [5.41, 5.74) is -1.72. The molecule has 102 valence electrons. The van der Waals surface area contributed by atoms with Crippen LogP contribution >= 0.6 is 34.2 Å². The van der Waals surface area contributed by atoms with Crippen molar-refractivity contribution in [1.82, 2.24) is 4.98 Å². The lowest BCUT2D eigenvalue weighted by Gasteiger charge is -2.15. The SMILES string of the molecule is FC(F)(F)Oc1cc(C(F)(F)F)c(I)nc1CCl. The molecule has 0 spiro atoms. The molecule has 10 heteroatoms. The van der Waals surface area contributed by atoms with E-state index in [4.69, 9.17) is 11.6 Å². The highest BCUT2D eigenvalue weighted by Gasteiger charge is 2.37. The lowest BCUT2D eigenvalue weighted by atomic mass is 10.2. The molecule has 1 rings (SSSR count). The van der Waals surface area contributed by atoms with Gasteiger partial charge in [-0.1, -0.05) is 0 Å². The van der Waals surface area contributed by atoms with Crippen molar-refractivity contribution in [2.75, 3.05) is 0 Å².